The van der Waals surface area contributed by atoms with E-state index in [1.54, 1.807) is 12.7 Å². The predicted octanol–water partition coefficient (Wildman–Crippen LogP) is 3.56. The minimum atomic E-state index is -0.704. The van der Waals surface area contributed by atoms with E-state index in [2.05, 4.69) is 26.8 Å². The Morgan fingerprint density at radius 2 is 1.97 bits per heavy atom. The van der Waals surface area contributed by atoms with Crippen LogP contribution in [-0.2, 0) is 23.7 Å². The average molecular weight is 493 g/mol. The van der Waals surface area contributed by atoms with E-state index in [1.807, 2.05) is 0 Å². The van der Waals surface area contributed by atoms with Crippen LogP contribution in [0.1, 0.15) is 72.1 Å². The van der Waals surface area contributed by atoms with Crippen molar-refractivity contribution in [3.8, 4) is 0 Å². The summed E-state index contributed by atoms with van der Waals surface area (Å²) in [5.41, 5.74) is 1.27. The van der Waals surface area contributed by atoms with E-state index >= 15 is 0 Å². The SMILES string of the molecule is COC1CC(OC2CCC3(C)C(=CCC4C3CCC3(C)C4OCCC3(C)C(O)CO)C2)OC2OC12. The Morgan fingerprint density at radius 3 is 2.74 bits per heavy atom. The van der Waals surface area contributed by atoms with Crippen molar-refractivity contribution in [2.24, 2.45) is 28.1 Å². The molecule has 0 aromatic heterocycles. The third-order valence-corrected chi connectivity index (χ3v) is 11.5. The normalized spacial score (nSPS) is 53.9. The highest BCUT2D eigenvalue weighted by molar-refractivity contribution is 5.26. The fraction of sp³-hybridized carbons (Fsp3) is 0.929. The van der Waals surface area contributed by atoms with Crippen molar-refractivity contribution < 1.29 is 33.9 Å². The molecule has 6 rings (SSSR count). The molecule has 7 nitrogen and oxygen atoms in total. The lowest BCUT2D eigenvalue weighted by atomic mass is 9.44. The van der Waals surface area contributed by atoms with Crippen LogP contribution in [-0.4, -0.2) is 73.6 Å². The highest BCUT2D eigenvalue weighted by Gasteiger charge is 2.63. The minimum absolute atomic E-state index is 0.0596. The Bertz CT molecular complexity index is 847. The number of aliphatic hydroxyl groups excluding tert-OH is 2. The standard InChI is InChI=1S/C28H44O7/c1-26-9-7-17(33-22-14-20(31-4)23-25(34-22)35-23)13-16(26)5-6-18-19(26)8-10-28(3)24(18)32-12-11-27(28,2)21(30)15-29/h5,17-25,29-30H,6-15H2,1-4H3. The summed E-state index contributed by atoms with van der Waals surface area (Å²) in [6.07, 6.45) is 9.66. The van der Waals surface area contributed by atoms with Crippen LogP contribution in [0.15, 0.2) is 11.6 Å². The van der Waals surface area contributed by atoms with Crippen LogP contribution < -0.4 is 0 Å². The van der Waals surface area contributed by atoms with Crippen LogP contribution in [0.4, 0.5) is 0 Å². The molecule has 7 heteroatoms. The molecule has 2 saturated carbocycles. The molecule has 3 aliphatic heterocycles. The fourth-order valence-corrected chi connectivity index (χ4v) is 8.80. The maximum Gasteiger partial charge on any atom is 0.190 e. The van der Waals surface area contributed by atoms with Gasteiger partial charge in [0, 0.05) is 31.0 Å². The van der Waals surface area contributed by atoms with E-state index < -0.39 is 6.10 Å². The molecule has 12 atom stereocenters. The lowest BCUT2D eigenvalue weighted by Gasteiger charge is -2.64. The van der Waals surface area contributed by atoms with Crippen molar-refractivity contribution in [3.05, 3.63) is 11.6 Å². The zero-order valence-electron chi connectivity index (χ0n) is 21.8. The van der Waals surface area contributed by atoms with Crippen molar-refractivity contribution in [1.29, 1.82) is 0 Å². The first-order chi connectivity index (χ1) is 16.7. The van der Waals surface area contributed by atoms with Gasteiger partial charge in [-0.1, -0.05) is 32.4 Å². The second kappa shape index (κ2) is 8.75. The second-order valence-electron chi connectivity index (χ2n) is 12.8. The van der Waals surface area contributed by atoms with Crippen molar-refractivity contribution >= 4 is 0 Å². The average Bonchev–Trinajstić information content (AvgIpc) is 3.63. The Hall–Kier alpha value is -0.540. The molecule has 0 bridgehead atoms. The Morgan fingerprint density at radius 1 is 1.14 bits per heavy atom. The van der Waals surface area contributed by atoms with Crippen molar-refractivity contribution in [3.63, 3.8) is 0 Å². The number of hydrogen-bond acceptors (Lipinski definition) is 7. The molecule has 0 spiro atoms. The highest BCUT2D eigenvalue weighted by atomic mass is 16.8. The molecule has 0 amide bonds. The van der Waals surface area contributed by atoms with E-state index in [-0.39, 0.29) is 59.8 Å². The summed E-state index contributed by atoms with van der Waals surface area (Å²) in [4.78, 5) is 0. The number of ether oxygens (including phenoxy) is 5. The van der Waals surface area contributed by atoms with Crippen molar-refractivity contribution in [1.82, 2.24) is 0 Å². The number of rotatable bonds is 5. The lowest BCUT2D eigenvalue weighted by Crippen LogP contribution is -2.64. The maximum atomic E-state index is 10.8. The van der Waals surface area contributed by atoms with Crippen LogP contribution >= 0.6 is 0 Å². The van der Waals surface area contributed by atoms with Gasteiger partial charge in [-0.3, -0.25) is 0 Å². The highest BCUT2D eigenvalue weighted by Crippen LogP contribution is 2.65. The van der Waals surface area contributed by atoms with Crippen LogP contribution in [0, 0.1) is 28.1 Å². The van der Waals surface area contributed by atoms with E-state index in [9.17, 15) is 10.2 Å². The first kappa shape index (κ1) is 24.8. The van der Waals surface area contributed by atoms with E-state index in [4.69, 9.17) is 23.7 Å². The number of hydrogen-bond donors (Lipinski definition) is 2. The van der Waals surface area contributed by atoms with E-state index in [0.29, 0.717) is 18.4 Å². The number of fused-ring (bicyclic) bond motifs is 6. The molecule has 2 N–H and O–H groups in total. The van der Waals surface area contributed by atoms with Gasteiger partial charge in [-0.05, 0) is 62.2 Å². The summed E-state index contributed by atoms with van der Waals surface area (Å²) in [5.74, 6) is 1.04. The molecule has 0 aromatic rings. The monoisotopic (exact) mass is 492 g/mol. The van der Waals surface area contributed by atoms with Crippen LogP contribution in [0.2, 0.25) is 0 Å². The summed E-state index contributed by atoms with van der Waals surface area (Å²) in [5, 5.41) is 20.7. The van der Waals surface area contributed by atoms with Gasteiger partial charge in [0.15, 0.2) is 12.6 Å². The molecular weight excluding hydrogens is 448 g/mol. The zero-order valence-corrected chi connectivity index (χ0v) is 21.8. The van der Waals surface area contributed by atoms with E-state index in [0.717, 1.165) is 51.4 Å². The fourth-order valence-electron chi connectivity index (χ4n) is 8.80. The van der Waals surface area contributed by atoms with Crippen LogP contribution in [0.3, 0.4) is 0 Å². The third kappa shape index (κ3) is 3.71. The van der Waals surface area contributed by atoms with Gasteiger partial charge in [0.05, 0.1) is 31.0 Å². The zero-order chi connectivity index (χ0) is 24.6. The quantitative estimate of drug-likeness (QED) is 0.448. The molecule has 3 heterocycles. The molecule has 35 heavy (non-hydrogen) atoms. The van der Waals surface area contributed by atoms with Crippen molar-refractivity contribution in [2.45, 2.75) is 115 Å². The predicted molar refractivity (Wildman–Crippen MR) is 128 cm³/mol. The van der Waals surface area contributed by atoms with Gasteiger partial charge in [0.25, 0.3) is 0 Å². The molecule has 5 fully saturated rings. The Balaban J connectivity index is 1.17. The Labute approximate surface area is 209 Å². The number of epoxide rings is 1. The molecule has 198 valence electrons. The minimum Gasteiger partial charge on any atom is -0.394 e. The first-order valence-corrected chi connectivity index (χ1v) is 13.8. The summed E-state index contributed by atoms with van der Waals surface area (Å²) in [7, 11) is 1.74. The summed E-state index contributed by atoms with van der Waals surface area (Å²) < 4.78 is 30.1. The third-order valence-electron chi connectivity index (χ3n) is 11.5. The van der Waals surface area contributed by atoms with E-state index in [1.165, 1.54) is 0 Å². The largest absolute Gasteiger partial charge is 0.394 e. The molecule has 12 unspecified atom stereocenters. The number of aliphatic hydroxyl groups is 2. The van der Waals surface area contributed by atoms with Gasteiger partial charge in [0.2, 0.25) is 0 Å². The molecule has 0 radical (unpaired) electrons. The molecular formula is C28H44O7. The number of methoxy groups -OCH3 is 1. The van der Waals surface area contributed by atoms with Gasteiger partial charge >= 0.3 is 0 Å². The van der Waals surface area contributed by atoms with Crippen LogP contribution in [0.25, 0.3) is 0 Å². The molecule has 6 aliphatic rings. The smallest absolute Gasteiger partial charge is 0.190 e. The number of allylic oxidation sites excluding steroid dienone is 1. The van der Waals surface area contributed by atoms with Gasteiger partial charge in [-0.2, -0.15) is 0 Å². The Kier molecular flexibility index (Phi) is 6.20. The van der Waals surface area contributed by atoms with Gasteiger partial charge in [-0.25, -0.2) is 0 Å². The summed E-state index contributed by atoms with van der Waals surface area (Å²) >= 11 is 0. The first-order valence-electron chi connectivity index (χ1n) is 13.8. The lowest BCUT2D eigenvalue weighted by molar-refractivity contribution is -0.246. The second-order valence-corrected chi connectivity index (χ2v) is 12.8. The summed E-state index contributed by atoms with van der Waals surface area (Å²) in [6, 6.07) is 0. The maximum absolute atomic E-state index is 10.8. The van der Waals surface area contributed by atoms with Gasteiger partial charge in [-0.15, -0.1) is 0 Å². The molecule has 0 aromatic carbocycles. The molecule has 3 aliphatic carbocycles. The van der Waals surface area contributed by atoms with Gasteiger partial charge in [0.1, 0.15) is 6.10 Å². The molecule has 3 saturated heterocycles. The topological polar surface area (TPSA) is 89.9 Å². The van der Waals surface area contributed by atoms with Crippen LogP contribution in [0.5, 0.6) is 0 Å². The van der Waals surface area contributed by atoms with Gasteiger partial charge < -0.3 is 33.9 Å². The van der Waals surface area contributed by atoms with Crippen molar-refractivity contribution in [2.75, 3.05) is 20.3 Å². The summed E-state index contributed by atoms with van der Waals surface area (Å²) in [6.45, 7) is 7.44.